The molecular formula is C27H33ClN2O4. The van der Waals surface area contributed by atoms with Gasteiger partial charge in [-0.25, -0.2) is 0 Å². The molecule has 0 aliphatic carbocycles. The summed E-state index contributed by atoms with van der Waals surface area (Å²) in [5, 5.41) is 3.56. The van der Waals surface area contributed by atoms with Crippen LogP contribution in [-0.4, -0.2) is 35.8 Å². The molecule has 0 radical (unpaired) electrons. The van der Waals surface area contributed by atoms with Crippen molar-refractivity contribution in [2.75, 3.05) is 7.05 Å². The van der Waals surface area contributed by atoms with Crippen LogP contribution in [0.2, 0.25) is 5.02 Å². The molecule has 1 fully saturated rings. The van der Waals surface area contributed by atoms with Gasteiger partial charge in [-0.3, -0.25) is 14.4 Å². The smallest absolute Gasteiger partial charge is 0.306 e. The zero-order valence-corrected chi connectivity index (χ0v) is 20.6. The van der Waals surface area contributed by atoms with Gasteiger partial charge in [-0.15, -0.1) is 0 Å². The molecule has 7 heteroatoms. The fourth-order valence-corrected chi connectivity index (χ4v) is 4.35. The van der Waals surface area contributed by atoms with E-state index < -0.39 is 12.0 Å². The molecule has 1 heterocycles. The number of benzene rings is 2. The summed E-state index contributed by atoms with van der Waals surface area (Å²) in [6.07, 6.45) is 2.79. The van der Waals surface area contributed by atoms with E-state index in [4.69, 9.17) is 16.3 Å². The van der Waals surface area contributed by atoms with Gasteiger partial charge >= 0.3 is 5.97 Å². The Bertz CT molecular complexity index is 964. The van der Waals surface area contributed by atoms with Crippen LogP contribution in [0, 0.1) is 5.92 Å². The zero-order valence-electron chi connectivity index (χ0n) is 19.8. The minimum atomic E-state index is -0.568. The van der Waals surface area contributed by atoms with Crippen LogP contribution in [0.1, 0.15) is 62.7 Å². The number of carbonyl (C=O) groups excluding carboxylic acids is 3. The highest BCUT2D eigenvalue weighted by Crippen LogP contribution is 2.28. The van der Waals surface area contributed by atoms with E-state index >= 15 is 0 Å². The van der Waals surface area contributed by atoms with E-state index in [2.05, 4.69) is 5.32 Å². The van der Waals surface area contributed by atoms with Gasteiger partial charge < -0.3 is 15.0 Å². The van der Waals surface area contributed by atoms with Crippen molar-refractivity contribution < 1.29 is 19.1 Å². The van der Waals surface area contributed by atoms with Crippen molar-refractivity contribution in [2.24, 2.45) is 5.92 Å². The monoisotopic (exact) mass is 484 g/mol. The molecule has 0 aromatic heterocycles. The summed E-state index contributed by atoms with van der Waals surface area (Å²) >= 11 is 5.92. The number of hydrogen-bond acceptors (Lipinski definition) is 4. The Kier molecular flexibility index (Phi) is 9.52. The number of ether oxygens (including phenoxy) is 1. The summed E-state index contributed by atoms with van der Waals surface area (Å²) < 4.78 is 5.83. The van der Waals surface area contributed by atoms with Crippen LogP contribution in [0.4, 0.5) is 0 Å². The number of cyclic esters (lactones) is 1. The second-order valence-corrected chi connectivity index (χ2v) is 9.35. The molecule has 1 N–H and O–H groups in total. The fourth-order valence-electron chi connectivity index (χ4n) is 4.23. The minimum Gasteiger partial charge on any atom is -0.455 e. The van der Waals surface area contributed by atoms with Crippen LogP contribution >= 0.6 is 11.6 Å². The molecule has 1 aliphatic rings. The number of nitrogens with zero attached hydrogens (tertiary/aromatic N) is 1. The van der Waals surface area contributed by atoms with Gasteiger partial charge in [-0.05, 0) is 43.0 Å². The summed E-state index contributed by atoms with van der Waals surface area (Å²) in [5.74, 6) is -0.941. The molecule has 182 valence electrons. The van der Waals surface area contributed by atoms with Crippen molar-refractivity contribution in [3.63, 3.8) is 0 Å². The quantitative estimate of drug-likeness (QED) is 0.602. The Morgan fingerprint density at radius 1 is 1.06 bits per heavy atom. The molecule has 2 aromatic rings. The van der Waals surface area contributed by atoms with Crippen LogP contribution in [0.15, 0.2) is 54.6 Å². The number of amides is 2. The molecule has 1 saturated heterocycles. The standard InChI is InChI=1S/C27H33ClN2O4/c1-19-26(21-9-5-3-6-10-21)34-25(32)12-8-4-7-11-22(27(33)30(19)2)17-24(31)29-18-20-13-15-23(28)16-14-20/h3,5-6,9-10,13-16,19,22,26H,4,7-8,11-12,17-18H2,1-2H3,(H,29,31)/t19-,22-,26-/m0/s1. The number of likely N-dealkylation sites (N-methyl/N-ethyl adjacent to an activating group) is 1. The van der Waals surface area contributed by atoms with E-state index in [9.17, 15) is 14.4 Å². The van der Waals surface area contributed by atoms with Gasteiger partial charge in [-0.1, -0.05) is 66.9 Å². The highest BCUT2D eigenvalue weighted by atomic mass is 35.5. The average Bonchev–Trinajstić information content (AvgIpc) is 2.84. The Hall–Kier alpha value is -2.86. The number of esters is 1. The first-order valence-corrected chi connectivity index (χ1v) is 12.2. The van der Waals surface area contributed by atoms with Crippen molar-refractivity contribution in [1.82, 2.24) is 10.2 Å². The van der Waals surface area contributed by atoms with Crippen LogP contribution in [0.25, 0.3) is 0 Å². The lowest BCUT2D eigenvalue weighted by atomic mass is 9.93. The Morgan fingerprint density at radius 2 is 1.76 bits per heavy atom. The Morgan fingerprint density at radius 3 is 2.47 bits per heavy atom. The summed E-state index contributed by atoms with van der Waals surface area (Å²) in [4.78, 5) is 40.3. The number of halogens is 1. The van der Waals surface area contributed by atoms with Gasteiger partial charge in [0.25, 0.3) is 0 Å². The van der Waals surface area contributed by atoms with Crippen molar-refractivity contribution in [3.8, 4) is 0 Å². The lowest BCUT2D eigenvalue weighted by molar-refractivity contribution is -0.157. The van der Waals surface area contributed by atoms with Gasteiger partial charge in [0.2, 0.25) is 11.8 Å². The largest absolute Gasteiger partial charge is 0.455 e. The number of rotatable bonds is 5. The van der Waals surface area contributed by atoms with Gasteiger partial charge in [0, 0.05) is 37.4 Å². The van der Waals surface area contributed by atoms with Crippen LogP contribution < -0.4 is 5.32 Å². The number of hydrogen-bond donors (Lipinski definition) is 1. The highest BCUT2D eigenvalue weighted by molar-refractivity contribution is 6.30. The van der Waals surface area contributed by atoms with Crippen molar-refractivity contribution >= 4 is 29.4 Å². The molecule has 2 amide bonds. The summed E-state index contributed by atoms with van der Waals surface area (Å²) in [6, 6.07) is 16.4. The molecule has 34 heavy (non-hydrogen) atoms. The van der Waals surface area contributed by atoms with Crippen LogP contribution in [0.3, 0.4) is 0 Å². The summed E-state index contributed by atoms with van der Waals surface area (Å²) in [6.45, 7) is 2.27. The van der Waals surface area contributed by atoms with Crippen molar-refractivity contribution in [2.45, 2.75) is 64.1 Å². The first-order chi connectivity index (χ1) is 16.3. The molecule has 3 rings (SSSR count). The number of nitrogens with one attached hydrogen (secondary N) is 1. The molecule has 0 bridgehead atoms. The average molecular weight is 485 g/mol. The van der Waals surface area contributed by atoms with Crippen molar-refractivity contribution in [3.05, 3.63) is 70.7 Å². The minimum absolute atomic E-state index is 0.105. The summed E-state index contributed by atoms with van der Waals surface area (Å²) in [5.41, 5.74) is 1.79. The first-order valence-electron chi connectivity index (χ1n) is 11.9. The zero-order chi connectivity index (χ0) is 24.5. The fraction of sp³-hybridized carbons (Fsp3) is 0.444. The van der Waals surface area contributed by atoms with E-state index in [1.54, 1.807) is 24.1 Å². The third kappa shape index (κ3) is 7.32. The first kappa shape index (κ1) is 25.8. The molecular weight excluding hydrogens is 452 g/mol. The van der Waals surface area contributed by atoms with Gasteiger partial charge in [0.05, 0.1) is 6.04 Å². The predicted octanol–water partition coefficient (Wildman–Crippen LogP) is 5.06. The van der Waals surface area contributed by atoms with E-state index in [1.165, 1.54) is 0 Å². The van der Waals surface area contributed by atoms with E-state index in [0.29, 0.717) is 30.8 Å². The van der Waals surface area contributed by atoms with Crippen LogP contribution in [-0.2, 0) is 25.7 Å². The van der Waals surface area contributed by atoms with E-state index in [-0.39, 0.29) is 30.2 Å². The predicted molar refractivity (Wildman–Crippen MR) is 132 cm³/mol. The third-order valence-corrected chi connectivity index (χ3v) is 6.65. The van der Waals surface area contributed by atoms with Crippen LogP contribution in [0.5, 0.6) is 0 Å². The molecule has 0 saturated carbocycles. The molecule has 3 atom stereocenters. The van der Waals surface area contributed by atoms with E-state index in [1.807, 2.05) is 49.4 Å². The Labute approximate surface area is 206 Å². The lowest BCUT2D eigenvalue weighted by Crippen LogP contribution is -2.44. The normalized spacial score (nSPS) is 22.3. The molecule has 0 spiro atoms. The molecule has 1 aliphatic heterocycles. The maximum atomic E-state index is 13.5. The maximum absolute atomic E-state index is 13.5. The molecule has 0 unspecified atom stereocenters. The topological polar surface area (TPSA) is 75.7 Å². The van der Waals surface area contributed by atoms with Gasteiger partial charge in [0.15, 0.2) is 0 Å². The van der Waals surface area contributed by atoms with Gasteiger partial charge in [0.1, 0.15) is 6.10 Å². The molecule has 2 aromatic carbocycles. The second kappa shape index (κ2) is 12.6. The Balaban J connectivity index is 1.71. The van der Waals surface area contributed by atoms with Gasteiger partial charge in [-0.2, -0.15) is 0 Å². The van der Waals surface area contributed by atoms with E-state index in [0.717, 1.165) is 24.0 Å². The highest BCUT2D eigenvalue weighted by Gasteiger charge is 2.33. The third-order valence-electron chi connectivity index (χ3n) is 6.40. The lowest BCUT2D eigenvalue weighted by Gasteiger charge is -2.34. The summed E-state index contributed by atoms with van der Waals surface area (Å²) in [7, 11) is 1.72. The molecule has 6 nitrogen and oxygen atoms in total. The maximum Gasteiger partial charge on any atom is 0.306 e. The second-order valence-electron chi connectivity index (χ2n) is 8.91. The van der Waals surface area contributed by atoms with Crippen molar-refractivity contribution in [1.29, 1.82) is 0 Å². The number of carbonyl (C=O) groups is 3. The SMILES string of the molecule is C[C@H]1[C@@H](c2ccccc2)OC(=O)CCCCC[C@@H](CC(=O)NCc2ccc(Cl)cc2)C(=O)N1C.